The van der Waals surface area contributed by atoms with Crippen LogP contribution in [0.4, 0.5) is 0 Å². The van der Waals surface area contributed by atoms with E-state index in [9.17, 15) is 4.79 Å². The molecule has 0 radical (unpaired) electrons. The van der Waals surface area contributed by atoms with Gasteiger partial charge >= 0.3 is 0 Å². The fraction of sp³-hybridized carbons (Fsp3) is 0.875. The highest BCUT2D eigenvalue weighted by atomic mass is 16.7. The van der Waals surface area contributed by atoms with Crippen LogP contribution in [-0.4, -0.2) is 76.1 Å². The Morgan fingerprint density at radius 2 is 1.70 bits per heavy atom. The molecule has 7 heteroatoms. The molecular weight excluding hydrogens is 592 g/mol. The van der Waals surface area contributed by atoms with Crippen molar-refractivity contribution in [2.45, 2.75) is 143 Å². The molecule has 0 amide bonds. The first kappa shape index (κ1) is 37.2. The molecule has 1 heterocycles. The highest BCUT2D eigenvalue weighted by Gasteiger charge is 2.59. The van der Waals surface area contributed by atoms with Crippen molar-refractivity contribution in [2.24, 2.45) is 34.5 Å². The van der Waals surface area contributed by atoms with Crippen molar-refractivity contribution >= 4 is 5.78 Å². The first-order valence-electron chi connectivity index (χ1n) is 19.1. The molecule has 9 atom stereocenters. The Hall–Kier alpha value is -1.09. The molecule has 0 spiro atoms. The quantitative estimate of drug-likeness (QED) is 0.146. The lowest BCUT2D eigenvalue weighted by molar-refractivity contribution is -0.216. The lowest BCUT2D eigenvalue weighted by Gasteiger charge is -2.57. The molecule has 1 unspecified atom stereocenters. The van der Waals surface area contributed by atoms with E-state index < -0.39 is 5.60 Å². The second-order valence-corrected chi connectivity index (χ2v) is 16.2. The number of carbonyl (C=O) groups is 1. The molecule has 5 rings (SSSR count). The Labute approximate surface area is 285 Å². The summed E-state index contributed by atoms with van der Waals surface area (Å²) >= 11 is 0. The van der Waals surface area contributed by atoms with Crippen LogP contribution >= 0.6 is 0 Å². The fourth-order valence-corrected chi connectivity index (χ4v) is 10.4. The molecule has 0 aromatic heterocycles. The number of ether oxygens (including phenoxy) is 6. The zero-order chi connectivity index (χ0) is 33.7. The summed E-state index contributed by atoms with van der Waals surface area (Å²) in [5.74, 6) is 2.28. The van der Waals surface area contributed by atoms with E-state index in [1.807, 2.05) is 27.7 Å². The zero-order valence-electron chi connectivity index (χ0n) is 30.8. The summed E-state index contributed by atoms with van der Waals surface area (Å²) in [6.07, 6.45) is 15.9. The molecule has 0 aromatic carbocycles. The maximum atomic E-state index is 13.5. The molecule has 47 heavy (non-hydrogen) atoms. The summed E-state index contributed by atoms with van der Waals surface area (Å²) in [6, 6.07) is 0. The van der Waals surface area contributed by atoms with Crippen molar-refractivity contribution in [1.29, 1.82) is 0 Å². The van der Waals surface area contributed by atoms with Gasteiger partial charge in [-0.05, 0) is 108 Å². The summed E-state index contributed by atoms with van der Waals surface area (Å²) in [4.78, 5) is 13.5. The van der Waals surface area contributed by atoms with Crippen molar-refractivity contribution < 1.29 is 33.2 Å². The van der Waals surface area contributed by atoms with Gasteiger partial charge in [0.05, 0.1) is 44.2 Å². The standard InChI is InChI=1S/C40H66O7/c1-8-42-20-22-44-31-25-29-13-14-32-34-16-15-33(28(3)24-30(41)27-38(4,5)47-37-12-10-11-19-46-37)39(34,6)18-17-35(32)40(29,7)36(26-31)45-23-21-43-9-2/h13-14,28,31,33-37H,8-12,15-27H2,1-7H3/t28-,31-,33-,34+,35+,36+,37?,39-,40+/m1/s1. The smallest absolute Gasteiger partial charge is 0.158 e. The van der Waals surface area contributed by atoms with Crippen molar-refractivity contribution in [1.82, 2.24) is 0 Å². The Bertz CT molecular complexity index is 1090. The number of hydrogen-bond donors (Lipinski definition) is 0. The van der Waals surface area contributed by atoms with Crippen LogP contribution in [0.15, 0.2) is 23.3 Å². The molecule has 0 bridgehead atoms. The largest absolute Gasteiger partial charge is 0.379 e. The summed E-state index contributed by atoms with van der Waals surface area (Å²) in [6.45, 7) is 20.2. The minimum absolute atomic E-state index is 0.0370. The third-order valence-electron chi connectivity index (χ3n) is 12.7. The average Bonchev–Trinajstić information content (AvgIpc) is 3.39. The Morgan fingerprint density at radius 1 is 0.957 bits per heavy atom. The number of carbonyl (C=O) groups excluding carboxylic acids is 1. The maximum Gasteiger partial charge on any atom is 0.158 e. The number of ketones is 1. The van der Waals surface area contributed by atoms with Crippen LogP contribution in [0, 0.1) is 34.5 Å². The Kier molecular flexibility index (Phi) is 12.9. The zero-order valence-corrected chi connectivity index (χ0v) is 30.8. The lowest BCUT2D eigenvalue weighted by Crippen LogP contribution is -2.54. The molecule has 7 nitrogen and oxygen atoms in total. The molecule has 268 valence electrons. The van der Waals surface area contributed by atoms with Gasteiger partial charge in [0, 0.05) is 44.5 Å². The van der Waals surface area contributed by atoms with Crippen molar-refractivity contribution in [3.05, 3.63) is 23.3 Å². The molecule has 1 saturated heterocycles. The second-order valence-electron chi connectivity index (χ2n) is 16.2. The minimum atomic E-state index is -0.500. The van der Waals surface area contributed by atoms with Gasteiger partial charge < -0.3 is 28.4 Å². The van der Waals surface area contributed by atoms with E-state index in [2.05, 4.69) is 32.9 Å². The molecule has 1 aliphatic heterocycles. The topological polar surface area (TPSA) is 72.5 Å². The van der Waals surface area contributed by atoms with Gasteiger partial charge in [0.25, 0.3) is 0 Å². The van der Waals surface area contributed by atoms with Crippen molar-refractivity contribution in [3.63, 3.8) is 0 Å². The van der Waals surface area contributed by atoms with E-state index in [1.54, 1.807) is 5.57 Å². The average molecular weight is 659 g/mol. The second kappa shape index (κ2) is 16.3. The summed E-state index contributed by atoms with van der Waals surface area (Å²) in [7, 11) is 0. The Balaban J connectivity index is 1.26. The van der Waals surface area contributed by atoms with Gasteiger partial charge in [0.15, 0.2) is 6.29 Å². The van der Waals surface area contributed by atoms with E-state index in [-0.39, 0.29) is 29.3 Å². The highest BCUT2D eigenvalue weighted by molar-refractivity contribution is 5.79. The third kappa shape index (κ3) is 8.45. The van der Waals surface area contributed by atoms with Crippen LogP contribution in [-0.2, 0) is 33.2 Å². The molecule has 4 fully saturated rings. The fourth-order valence-electron chi connectivity index (χ4n) is 10.4. The highest BCUT2D eigenvalue weighted by Crippen LogP contribution is 2.66. The molecule has 4 aliphatic carbocycles. The van der Waals surface area contributed by atoms with E-state index in [1.165, 1.54) is 31.3 Å². The van der Waals surface area contributed by atoms with E-state index in [0.29, 0.717) is 75.3 Å². The van der Waals surface area contributed by atoms with Gasteiger partial charge in [-0.1, -0.05) is 44.1 Å². The van der Waals surface area contributed by atoms with Gasteiger partial charge in [-0.25, -0.2) is 0 Å². The maximum absolute atomic E-state index is 13.5. The molecule has 0 N–H and O–H groups in total. The number of fused-ring (bicyclic) bond motifs is 5. The normalized spacial score (nSPS) is 36.1. The lowest BCUT2D eigenvalue weighted by atomic mass is 9.49. The third-order valence-corrected chi connectivity index (χ3v) is 12.7. The van der Waals surface area contributed by atoms with Crippen molar-refractivity contribution in [3.8, 4) is 0 Å². The van der Waals surface area contributed by atoms with Crippen LogP contribution in [0.5, 0.6) is 0 Å². The first-order valence-corrected chi connectivity index (χ1v) is 19.1. The molecular formula is C40H66O7. The predicted molar refractivity (Wildman–Crippen MR) is 185 cm³/mol. The molecule has 5 aliphatic rings. The number of hydrogen-bond acceptors (Lipinski definition) is 7. The van der Waals surface area contributed by atoms with Gasteiger partial charge in [-0.2, -0.15) is 0 Å². The number of Topliss-reactive ketones (excluding diaryl/α,β-unsaturated/α-hetero) is 1. The summed E-state index contributed by atoms with van der Waals surface area (Å²) < 4.78 is 36.4. The van der Waals surface area contributed by atoms with Crippen LogP contribution in [0.2, 0.25) is 0 Å². The Morgan fingerprint density at radius 3 is 2.40 bits per heavy atom. The van der Waals surface area contributed by atoms with Gasteiger partial charge in [0.1, 0.15) is 5.78 Å². The SMILES string of the molecule is CCOCCO[C@@H]1CC2=CC=C3[C@@H]4CC[C@H]([C@H](C)CC(=O)CC(C)(C)OC5CCCCO5)[C@@]4(C)CC[C@@H]3[C@@]2(C)[C@@H](OCCOCC)C1. The van der Waals surface area contributed by atoms with E-state index in [4.69, 9.17) is 28.4 Å². The number of allylic oxidation sites excluding steroid dienone is 3. The van der Waals surface area contributed by atoms with Gasteiger partial charge in [0.2, 0.25) is 0 Å². The van der Waals surface area contributed by atoms with E-state index in [0.717, 1.165) is 45.3 Å². The number of rotatable bonds is 17. The van der Waals surface area contributed by atoms with Crippen LogP contribution in [0.1, 0.15) is 119 Å². The molecule has 3 saturated carbocycles. The van der Waals surface area contributed by atoms with Gasteiger partial charge in [-0.15, -0.1) is 0 Å². The van der Waals surface area contributed by atoms with E-state index >= 15 is 0 Å². The van der Waals surface area contributed by atoms with Crippen molar-refractivity contribution in [2.75, 3.05) is 46.2 Å². The minimum Gasteiger partial charge on any atom is -0.379 e. The van der Waals surface area contributed by atoms with Gasteiger partial charge in [-0.3, -0.25) is 4.79 Å². The van der Waals surface area contributed by atoms with Crippen LogP contribution < -0.4 is 0 Å². The summed E-state index contributed by atoms with van der Waals surface area (Å²) in [5, 5.41) is 0. The monoisotopic (exact) mass is 658 g/mol. The summed E-state index contributed by atoms with van der Waals surface area (Å²) in [5.41, 5.74) is 2.81. The molecule has 0 aromatic rings. The van der Waals surface area contributed by atoms with Crippen LogP contribution in [0.25, 0.3) is 0 Å². The van der Waals surface area contributed by atoms with Crippen LogP contribution in [0.3, 0.4) is 0 Å². The predicted octanol–water partition coefficient (Wildman–Crippen LogP) is 8.25. The first-order chi connectivity index (χ1) is 22.5.